The van der Waals surface area contributed by atoms with Crippen molar-refractivity contribution in [1.29, 1.82) is 0 Å². The lowest BCUT2D eigenvalue weighted by Crippen LogP contribution is -2.57. The van der Waals surface area contributed by atoms with Crippen molar-refractivity contribution in [2.45, 2.75) is 13.3 Å². The van der Waals surface area contributed by atoms with Gasteiger partial charge in [-0.2, -0.15) is 0 Å². The fourth-order valence-electron chi connectivity index (χ4n) is 2.04. The third-order valence-corrected chi connectivity index (χ3v) is 3.32. The van der Waals surface area contributed by atoms with Gasteiger partial charge in [0.1, 0.15) is 17.9 Å². The van der Waals surface area contributed by atoms with Crippen LogP contribution in [-0.2, 0) is 14.4 Å². The van der Waals surface area contributed by atoms with E-state index in [1.54, 1.807) is 0 Å². The summed E-state index contributed by atoms with van der Waals surface area (Å²) in [6, 6.07) is 1.86. The Balaban J connectivity index is 2.51. The minimum atomic E-state index is -0.870. The van der Waals surface area contributed by atoms with Gasteiger partial charge in [-0.15, -0.1) is 6.42 Å². The molecule has 1 fully saturated rings. The van der Waals surface area contributed by atoms with E-state index in [4.69, 9.17) is 18.0 Å². The Morgan fingerprint density at radius 3 is 2.71 bits per heavy atom. The van der Waals surface area contributed by atoms with Gasteiger partial charge in [-0.05, 0) is 22.2 Å². The van der Waals surface area contributed by atoms with E-state index in [0.717, 1.165) is 19.1 Å². The van der Waals surface area contributed by atoms with Crippen LogP contribution in [0.3, 0.4) is 0 Å². The van der Waals surface area contributed by atoms with E-state index in [2.05, 4.69) is 11.2 Å². The van der Waals surface area contributed by atoms with Crippen LogP contribution in [0.15, 0.2) is 12.1 Å². The molecule has 0 saturated carbocycles. The van der Waals surface area contributed by atoms with Crippen LogP contribution < -0.4 is 10.3 Å². The Morgan fingerprint density at radius 2 is 2.12 bits per heavy atom. The molecule has 1 saturated heterocycles. The van der Waals surface area contributed by atoms with Gasteiger partial charge in [0.05, 0.1) is 15.6 Å². The van der Waals surface area contributed by atoms with Crippen LogP contribution in [0.4, 0.5) is 15.8 Å². The summed E-state index contributed by atoms with van der Waals surface area (Å²) in [6.45, 7) is 0.802. The van der Waals surface area contributed by atoms with Crippen LogP contribution in [0.25, 0.3) is 0 Å². The van der Waals surface area contributed by atoms with Crippen molar-refractivity contribution in [3.63, 3.8) is 0 Å². The molecule has 0 bridgehead atoms. The lowest BCUT2D eigenvalue weighted by Gasteiger charge is -2.22. The Morgan fingerprint density at radius 1 is 1.46 bits per heavy atom. The predicted octanol–water partition coefficient (Wildman–Crippen LogP) is 1.24. The van der Waals surface area contributed by atoms with Crippen LogP contribution in [0.1, 0.15) is 13.3 Å². The number of nitrogens with zero attached hydrogens (tertiary/aromatic N) is 3. The molecule has 0 aliphatic carbocycles. The van der Waals surface area contributed by atoms with E-state index in [9.17, 15) is 23.7 Å². The Kier molecular flexibility index (Phi) is 4.80. The van der Waals surface area contributed by atoms with Gasteiger partial charge in [-0.3, -0.25) is 14.4 Å². The predicted molar refractivity (Wildman–Crippen MR) is 82.0 cm³/mol. The number of carbonyl (C=O) groups is 3. The zero-order valence-corrected chi connectivity index (χ0v) is 13.1. The number of hydrogen-bond donors (Lipinski definition) is 1. The molecule has 0 radical (unpaired) electrons. The van der Waals surface area contributed by atoms with Crippen molar-refractivity contribution in [2.75, 3.05) is 16.9 Å². The fourth-order valence-corrected chi connectivity index (χ4v) is 2.27. The number of terminal acetylenes is 1. The van der Waals surface area contributed by atoms with E-state index < -0.39 is 30.0 Å². The van der Waals surface area contributed by atoms with Crippen molar-refractivity contribution in [2.24, 2.45) is 0 Å². The molecule has 3 amide bonds. The number of nitroso groups, excluding NO2 is 1. The summed E-state index contributed by atoms with van der Waals surface area (Å²) in [6.07, 6.45) is 4.49. The van der Waals surface area contributed by atoms with Crippen LogP contribution in [-0.4, -0.2) is 34.3 Å². The van der Waals surface area contributed by atoms with Crippen LogP contribution in [0.5, 0.6) is 0 Å². The smallest absolute Gasteiger partial charge is 0.300 e. The van der Waals surface area contributed by atoms with Gasteiger partial charge in [0, 0.05) is 6.92 Å². The number of hydrazine groups is 2. The lowest BCUT2D eigenvalue weighted by molar-refractivity contribution is -0.691. The highest BCUT2D eigenvalue weighted by Crippen LogP contribution is 2.33. The second kappa shape index (κ2) is 6.64. The molecule has 8 nitrogen and oxygen atoms in total. The van der Waals surface area contributed by atoms with E-state index >= 15 is 0 Å². The maximum atomic E-state index is 13.8. The van der Waals surface area contributed by atoms with E-state index in [0.29, 0.717) is 10.0 Å². The van der Waals surface area contributed by atoms with E-state index in [1.807, 2.05) is 0 Å². The fraction of sp³-hybridized carbons (Fsp3) is 0.214. The maximum Gasteiger partial charge on any atom is 0.300 e. The molecular formula is C14H11ClFN4O4+. The summed E-state index contributed by atoms with van der Waals surface area (Å²) in [5.74, 6) is -0.931. The molecular weight excluding hydrogens is 343 g/mol. The number of nitrogens with one attached hydrogen (secondary N) is 1. The summed E-state index contributed by atoms with van der Waals surface area (Å²) < 4.78 is 13.8. The third kappa shape index (κ3) is 3.18. The van der Waals surface area contributed by atoms with Gasteiger partial charge in [0.15, 0.2) is 6.54 Å². The van der Waals surface area contributed by atoms with Crippen LogP contribution in [0, 0.1) is 23.1 Å². The average molecular weight is 354 g/mol. The number of benzene rings is 1. The first-order chi connectivity index (χ1) is 11.3. The minimum Gasteiger partial charge on any atom is -0.324 e. The van der Waals surface area contributed by atoms with Crippen molar-refractivity contribution in [1.82, 2.24) is 5.01 Å². The molecule has 2 rings (SSSR count). The Hall–Kier alpha value is -2.99. The summed E-state index contributed by atoms with van der Waals surface area (Å²) >= 11 is 5.91. The van der Waals surface area contributed by atoms with E-state index in [-0.39, 0.29) is 27.9 Å². The normalized spacial score (nSPS) is 14.7. The second-order valence-corrected chi connectivity index (χ2v) is 5.16. The zero-order valence-electron chi connectivity index (χ0n) is 12.4. The minimum absolute atomic E-state index is 0.0370. The SMILES string of the molecule is C#CCN1C(=O)CC(=O)N(c2cc(NC(C)=O)c(F)cc2Cl)[N+]1=O. The molecule has 1 aliphatic rings. The van der Waals surface area contributed by atoms with Gasteiger partial charge in [-0.1, -0.05) is 17.5 Å². The second-order valence-electron chi connectivity index (χ2n) is 4.76. The van der Waals surface area contributed by atoms with Gasteiger partial charge in [0.25, 0.3) is 10.9 Å². The van der Waals surface area contributed by atoms with Crippen molar-refractivity contribution >= 4 is 40.7 Å². The molecule has 1 aliphatic heterocycles. The van der Waals surface area contributed by atoms with Crippen molar-refractivity contribution in [3.05, 3.63) is 27.9 Å². The number of halogens is 2. The van der Waals surface area contributed by atoms with Crippen molar-refractivity contribution < 1.29 is 23.8 Å². The summed E-state index contributed by atoms with van der Waals surface area (Å²) in [4.78, 5) is 47.2. The van der Waals surface area contributed by atoms with E-state index in [1.165, 1.54) is 0 Å². The van der Waals surface area contributed by atoms with Gasteiger partial charge in [-0.25, -0.2) is 4.39 Å². The molecule has 124 valence electrons. The molecule has 1 aromatic rings. The highest BCUT2D eigenvalue weighted by atomic mass is 35.5. The number of anilines is 2. The van der Waals surface area contributed by atoms with Crippen LogP contribution in [0.2, 0.25) is 5.02 Å². The lowest BCUT2D eigenvalue weighted by atomic mass is 10.2. The molecule has 0 atom stereocenters. The molecule has 1 aromatic carbocycles. The molecule has 0 aromatic heterocycles. The molecule has 1 N–H and O–H groups in total. The maximum absolute atomic E-state index is 13.8. The summed E-state index contributed by atoms with van der Waals surface area (Å²) in [5, 5.41) is 3.12. The number of hydrogen-bond acceptors (Lipinski definition) is 4. The third-order valence-electron chi connectivity index (χ3n) is 3.02. The standard InChI is InChI=1S/C14H10ClFN4O4/c1-3-4-18-13(22)7-14(23)19(20(18)24)12-6-11(17-8(2)21)10(16)5-9(12)15/h1,5-6H,4,7H2,2H3/p+1. The van der Waals surface area contributed by atoms with Gasteiger partial charge in [0.2, 0.25) is 5.91 Å². The largest absolute Gasteiger partial charge is 0.324 e. The average Bonchev–Trinajstić information content (AvgIpc) is 2.47. The van der Waals surface area contributed by atoms with Gasteiger partial charge < -0.3 is 5.32 Å². The number of carbonyl (C=O) groups excluding carboxylic acids is 3. The number of amides is 3. The molecule has 1 heterocycles. The quantitative estimate of drug-likeness (QED) is 0.503. The highest BCUT2D eigenvalue weighted by Gasteiger charge is 2.47. The first-order valence-electron chi connectivity index (χ1n) is 6.56. The Bertz CT molecular complexity index is 805. The Labute approximate surface area is 140 Å². The van der Waals surface area contributed by atoms with Crippen LogP contribution >= 0.6 is 11.6 Å². The molecule has 24 heavy (non-hydrogen) atoms. The summed E-state index contributed by atoms with van der Waals surface area (Å²) in [5.41, 5.74) is -0.472. The molecule has 0 spiro atoms. The first kappa shape index (κ1) is 17.4. The summed E-state index contributed by atoms with van der Waals surface area (Å²) in [7, 11) is 0. The molecule has 10 heteroatoms. The van der Waals surface area contributed by atoms with Gasteiger partial charge >= 0.3 is 5.91 Å². The van der Waals surface area contributed by atoms with Crippen molar-refractivity contribution in [3.8, 4) is 12.3 Å². The first-order valence-corrected chi connectivity index (χ1v) is 6.94. The number of rotatable bonds is 3. The topological polar surface area (TPSA) is 89.8 Å². The molecule has 0 unspecified atom stereocenters. The monoisotopic (exact) mass is 353 g/mol. The zero-order chi connectivity index (χ0) is 18.0. The highest BCUT2D eigenvalue weighted by molar-refractivity contribution is 6.34.